The largest absolute Gasteiger partial charge is 0.0894 e. The van der Waals surface area contributed by atoms with E-state index in [9.17, 15) is 0 Å². The van der Waals surface area contributed by atoms with Crippen molar-refractivity contribution < 1.29 is 0 Å². The molecule has 2 atom stereocenters. The zero-order valence-electron chi connectivity index (χ0n) is 10.2. The van der Waals surface area contributed by atoms with Gasteiger partial charge in [0.05, 0.1) is 0 Å². The second kappa shape index (κ2) is 5.69. The van der Waals surface area contributed by atoms with E-state index in [1.165, 1.54) is 29.5 Å². The van der Waals surface area contributed by atoms with Crippen LogP contribution in [0.3, 0.4) is 0 Å². The molecule has 0 aliphatic heterocycles. The summed E-state index contributed by atoms with van der Waals surface area (Å²) in [5.74, 6) is 0.751. The fourth-order valence-corrected chi connectivity index (χ4v) is 2.61. The smallest absolute Gasteiger partial charge is 0.0120 e. The maximum Gasteiger partial charge on any atom is 0.0120 e. The van der Waals surface area contributed by atoms with Gasteiger partial charge in [0.2, 0.25) is 0 Å². The van der Waals surface area contributed by atoms with Gasteiger partial charge in [-0.2, -0.15) is 0 Å². The van der Waals surface area contributed by atoms with Gasteiger partial charge in [-0.1, -0.05) is 48.0 Å². The molecule has 0 saturated heterocycles. The molecule has 15 heavy (non-hydrogen) atoms. The maximum absolute atomic E-state index is 3.61. The molecule has 0 saturated carbocycles. The number of aryl methyl sites for hydroxylation is 2. The monoisotopic (exact) mass is 268 g/mol. The molecule has 0 radical (unpaired) electrons. The van der Waals surface area contributed by atoms with Gasteiger partial charge in [-0.15, -0.1) is 0 Å². The molecule has 0 N–H and O–H groups in total. The molecule has 0 aliphatic rings. The summed E-state index contributed by atoms with van der Waals surface area (Å²) in [6, 6.07) is 6.82. The Labute approximate surface area is 102 Å². The van der Waals surface area contributed by atoms with Gasteiger partial charge in [0.1, 0.15) is 0 Å². The quantitative estimate of drug-likeness (QED) is 0.697. The standard InChI is InChI=1S/C14H21Br/c1-10(7-13(4)15)8-14-6-5-11(2)12(3)9-14/h5-6,9-10,13H,7-8H2,1-4H3. The van der Waals surface area contributed by atoms with Crippen molar-refractivity contribution >= 4 is 15.9 Å². The number of hydrogen-bond donors (Lipinski definition) is 0. The number of hydrogen-bond acceptors (Lipinski definition) is 0. The molecule has 2 unspecified atom stereocenters. The Bertz CT molecular complexity index is 315. The second-order valence-electron chi connectivity index (χ2n) is 4.74. The first kappa shape index (κ1) is 12.8. The van der Waals surface area contributed by atoms with E-state index in [1.54, 1.807) is 0 Å². The average Bonchev–Trinajstić information content (AvgIpc) is 2.10. The van der Waals surface area contributed by atoms with Crippen LogP contribution in [0.5, 0.6) is 0 Å². The molecule has 84 valence electrons. The van der Waals surface area contributed by atoms with E-state index in [-0.39, 0.29) is 0 Å². The van der Waals surface area contributed by atoms with Crippen molar-refractivity contribution in [2.24, 2.45) is 5.92 Å². The highest BCUT2D eigenvalue weighted by Gasteiger charge is 2.07. The molecular formula is C14H21Br. The summed E-state index contributed by atoms with van der Waals surface area (Å²) < 4.78 is 0. The van der Waals surface area contributed by atoms with E-state index in [0.717, 1.165) is 5.92 Å². The summed E-state index contributed by atoms with van der Waals surface area (Å²) in [5, 5.41) is 0. The van der Waals surface area contributed by atoms with E-state index < -0.39 is 0 Å². The number of benzene rings is 1. The molecule has 1 heteroatoms. The van der Waals surface area contributed by atoms with E-state index in [0.29, 0.717) is 4.83 Å². The van der Waals surface area contributed by atoms with Crippen LogP contribution < -0.4 is 0 Å². The summed E-state index contributed by atoms with van der Waals surface area (Å²) in [6.45, 7) is 8.91. The van der Waals surface area contributed by atoms with Crippen molar-refractivity contribution in [2.75, 3.05) is 0 Å². The van der Waals surface area contributed by atoms with Crippen LogP contribution >= 0.6 is 15.9 Å². The number of halogens is 1. The van der Waals surface area contributed by atoms with Crippen molar-refractivity contribution in [3.63, 3.8) is 0 Å². The Morgan fingerprint density at radius 2 is 1.80 bits per heavy atom. The lowest BCUT2D eigenvalue weighted by Crippen LogP contribution is -2.05. The van der Waals surface area contributed by atoms with Gasteiger partial charge in [0.25, 0.3) is 0 Å². The Morgan fingerprint density at radius 1 is 1.13 bits per heavy atom. The van der Waals surface area contributed by atoms with Gasteiger partial charge < -0.3 is 0 Å². The molecule has 1 aromatic carbocycles. The van der Waals surface area contributed by atoms with Crippen LogP contribution in [0.15, 0.2) is 18.2 Å². The third-order valence-electron chi connectivity index (χ3n) is 2.88. The first-order valence-electron chi connectivity index (χ1n) is 5.69. The number of rotatable bonds is 4. The summed E-state index contributed by atoms with van der Waals surface area (Å²) in [6.07, 6.45) is 2.43. The Kier molecular flexibility index (Phi) is 4.85. The molecule has 1 aromatic rings. The van der Waals surface area contributed by atoms with Gasteiger partial charge in [0.15, 0.2) is 0 Å². The first-order chi connectivity index (χ1) is 6.99. The van der Waals surface area contributed by atoms with Gasteiger partial charge >= 0.3 is 0 Å². The fraction of sp³-hybridized carbons (Fsp3) is 0.571. The summed E-state index contributed by atoms with van der Waals surface area (Å²) in [4.78, 5) is 0.624. The van der Waals surface area contributed by atoms with Crippen LogP contribution in [-0.2, 0) is 6.42 Å². The minimum atomic E-state index is 0.624. The van der Waals surface area contributed by atoms with Crippen LogP contribution in [0.1, 0.15) is 37.0 Å². The molecule has 0 bridgehead atoms. The molecule has 0 heterocycles. The lowest BCUT2D eigenvalue weighted by molar-refractivity contribution is 0.532. The first-order valence-corrected chi connectivity index (χ1v) is 6.60. The zero-order chi connectivity index (χ0) is 11.4. The van der Waals surface area contributed by atoms with Crippen molar-refractivity contribution in [3.05, 3.63) is 34.9 Å². The Morgan fingerprint density at radius 3 is 2.33 bits per heavy atom. The van der Waals surface area contributed by atoms with Crippen LogP contribution in [0.2, 0.25) is 0 Å². The average molecular weight is 269 g/mol. The minimum Gasteiger partial charge on any atom is -0.0894 e. The van der Waals surface area contributed by atoms with Crippen LogP contribution in [-0.4, -0.2) is 4.83 Å². The third-order valence-corrected chi connectivity index (χ3v) is 3.26. The van der Waals surface area contributed by atoms with Crippen molar-refractivity contribution in [2.45, 2.75) is 45.4 Å². The highest BCUT2D eigenvalue weighted by Crippen LogP contribution is 2.19. The number of alkyl halides is 1. The summed E-state index contributed by atoms with van der Waals surface area (Å²) in [5.41, 5.74) is 4.27. The van der Waals surface area contributed by atoms with E-state index in [2.05, 4.69) is 61.8 Å². The van der Waals surface area contributed by atoms with E-state index >= 15 is 0 Å². The topological polar surface area (TPSA) is 0 Å². The second-order valence-corrected chi connectivity index (χ2v) is 6.31. The molecule has 0 amide bonds. The lowest BCUT2D eigenvalue weighted by Gasteiger charge is -2.13. The van der Waals surface area contributed by atoms with E-state index in [4.69, 9.17) is 0 Å². The highest BCUT2D eigenvalue weighted by atomic mass is 79.9. The van der Waals surface area contributed by atoms with Gasteiger partial charge in [-0.05, 0) is 49.3 Å². The van der Waals surface area contributed by atoms with Gasteiger partial charge in [0, 0.05) is 4.83 Å². The summed E-state index contributed by atoms with van der Waals surface area (Å²) >= 11 is 3.61. The van der Waals surface area contributed by atoms with Crippen molar-refractivity contribution in [3.8, 4) is 0 Å². The van der Waals surface area contributed by atoms with Crippen molar-refractivity contribution in [1.29, 1.82) is 0 Å². The SMILES string of the molecule is Cc1ccc(CC(C)CC(C)Br)cc1C. The predicted molar refractivity (Wildman–Crippen MR) is 71.8 cm³/mol. The van der Waals surface area contributed by atoms with E-state index in [1.807, 2.05) is 0 Å². The Balaban J connectivity index is 2.60. The summed E-state index contributed by atoms with van der Waals surface area (Å²) in [7, 11) is 0. The maximum atomic E-state index is 3.61. The van der Waals surface area contributed by atoms with Crippen LogP contribution in [0.4, 0.5) is 0 Å². The van der Waals surface area contributed by atoms with Gasteiger partial charge in [-0.3, -0.25) is 0 Å². The molecule has 0 spiro atoms. The van der Waals surface area contributed by atoms with Gasteiger partial charge in [-0.25, -0.2) is 0 Å². The normalized spacial score (nSPS) is 15.0. The van der Waals surface area contributed by atoms with Crippen LogP contribution in [0, 0.1) is 19.8 Å². The van der Waals surface area contributed by atoms with Crippen molar-refractivity contribution in [1.82, 2.24) is 0 Å². The molecule has 0 aromatic heterocycles. The zero-order valence-corrected chi connectivity index (χ0v) is 11.8. The third kappa shape index (κ3) is 4.38. The molecule has 0 nitrogen and oxygen atoms in total. The molecule has 0 aliphatic carbocycles. The molecular weight excluding hydrogens is 248 g/mol. The minimum absolute atomic E-state index is 0.624. The van der Waals surface area contributed by atoms with Crippen LogP contribution in [0.25, 0.3) is 0 Å². The highest BCUT2D eigenvalue weighted by molar-refractivity contribution is 9.09. The Hall–Kier alpha value is -0.300. The molecule has 1 rings (SSSR count). The fourth-order valence-electron chi connectivity index (χ4n) is 1.97. The predicted octanol–water partition coefficient (Wildman–Crippen LogP) is 4.66. The lowest BCUT2D eigenvalue weighted by atomic mass is 9.95. The molecule has 0 fully saturated rings.